The highest BCUT2D eigenvalue weighted by Crippen LogP contribution is 2.39. The maximum atomic E-state index is 6.73. The van der Waals surface area contributed by atoms with Gasteiger partial charge in [0.15, 0.2) is 15.1 Å². The second kappa shape index (κ2) is 9.92. The van der Waals surface area contributed by atoms with Crippen LogP contribution in [0.25, 0.3) is 0 Å². The van der Waals surface area contributed by atoms with Crippen molar-refractivity contribution < 1.29 is 18.6 Å². The molecule has 0 unspecified atom stereocenters. The number of methoxy groups -OCH3 is 1. The van der Waals surface area contributed by atoms with Crippen LogP contribution in [0.1, 0.15) is 32.8 Å². The van der Waals surface area contributed by atoms with E-state index in [1.54, 1.807) is 7.11 Å². The van der Waals surface area contributed by atoms with Crippen LogP contribution in [0.4, 0.5) is 5.69 Å². The first-order valence-corrected chi connectivity index (χ1v) is 13.0. The Labute approximate surface area is 171 Å². The van der Waals surface area contributed by atoms with Crippen molar-refractivity contribution >= 4 is 14.0 Å². The van der Waals surface area contributed by atoms with Gasteiger partial charge in [0, 0.05) is 12.8 Å². The summed E-state index contributed by atoms with van der Waals surface area (Å²) >= 11 is 0. The SMILES string of the molecule is C=CC[C@@H](O[Si](C)(C)C(C)(C)C)[C@@H]1Cc2cc(OCOCCOC)ccc2N1. The van der Waals surface area contributed by atoms with E-state index in [1.807, 2.05) is 12.1 Å². The number of anilines is 1. The van der Waals surface area contributed by atoms with Crippen molar-refractivity contribution in [2.45, 2.75) is 63.9 Å². The Morgan fingerprint density at radius 1 is 1.29 bits per heavy atom. The van der Waals surface area contributed by atoms with E-state index in [2.05, 4.69) is 57.9 Å². The smallest absolute Gasteiger partial charge is 0.192 e. The van der Waals surface area contributed by atoms with E-state index >= 15 is 0 Å². The second-order valence-electron chi connectivity index (χ2n) is 8.88. The lowest BCUT2D eigenvalue weighted by Gasteiger charge is -2.40. The zero-order valence-electron chi connectivity index (χ0n) is 18.3. The van der Waals surface area contributed by atoms with Crippen molar-refractivity contribution in [2.75, 3.05) is 32.4 Å². The lowest BCUT2D eigenvalue weighted by molar-refractivity contribution is -0.00848. The molecule has 2 atom stereocenters. The van der Waals surface area contributed by atoms with Crippen molar-refractivity contribution in [3.8, 4) is 5.75 Å². The number of rotatable bonds is 11. The minimum Gasteiger partial charge on any atom is -0.468 e. The van der Waals surface area contributed by atoms with Crippen LogP contribution in [0, 0.1) is 0 Å². The molecule has 0 aliphatic carbocycles. The summed E-state index contributed by atoms with van der Waals surface area (Å²) in [6.07, 6.45) is 3.85. The minimum absolute atomic E-state index is 0.118. The Morgan fingerprint density at radius 2 is 2.04 bits per heavy atom. The van der Waals surface area contributed by atoms with Gasteiger partial charge in [-0.1, -0.05) is 26.8 Å². The molecule has 0 fully saturated rings. The average Bonchev–Trinajstić information content (AvgIpc) is 3.03. The molecular formula is C22H37NO4Si. The zero-order chi connectivity index (χ0) is 20.8. The lowest BCUT2D eigenvalue weighted by atomic mass is 10.0. The Kier molecular flexibility index (Phi) is 8.13. The topological polar surface area (TPSA) is 49.0 Å². The van der Waals surface area contributed by atoms with Crippen molar-refractivity contribution in [1.29, 1.82) is 0 Å². The lowest BCUT2D eigenvalue weighted by Crippen LogP contribution is -2.48. The van der Waals surface area contributed by atoms with Gasteiger partial charge < -0.3 is 24.0 Å². The van der Waals surface area contributed by atoms with E-state index in [0.717, 1.165) is 24.3 Å². The third kappa shape index (κ3) is 6.08. The fraction of sp³-hybridized carbons (Fsp3) is 0.636. The van der Waals surface area contributed by atoms with Crippen LogP contribution in [-0.2, 0) is 20.3 Å². The van der Waals surface area contributed by atoms with Gasteiger partial charge >= 0.3 is 0 Å². The van der Waals surface area contributed by atoms with E-state index in [9.17, 15) is 0 Å². The summed E-state index contributed by atoms with van der Waals surface area (Å²) < 4.78 is 22.8. The van der Waals surface area contributed by atoms with Gasteiger partial charge in [0.05, 0.1) is 25.4 Å². The molecule has 1 heterocycles. The summed E-state index contributed by atoms with van der Waals surface area (Å²) in [5.41, 5.74) is 2.41. The molecule has 2 rings (SSSR count). The van der Waals surface area contributed by atoms with Gasteiger partial charge in [-0.15, -0.1) is 6.58 Å². The van der Waals surface area contributed by atoms with Crippen LogP contribution in [0.5, 0.6) is 5.75 Å². The van der Waals surface area contributed by atoms with Gasteiger partial charge in [0.25, 0.3) is 0 Å². The maximum absolute atomic E-state index is 6.73. The molecule has 0 spiro atoms. The van der Waals surface area contributed by atoms with Crippen LogP contribution in [0.3, 0.4) is 0 Å². The second-order valence-corrected chi connectivity index (χ2v) is 13.6. The van der Waals surface area contributed by atoms with Crippen molar-refractivity contribution in [3.63, 3.8) is 0 Å². The Bertz CT molecular complexity index is 642. The summed E-state index contributed by atoms with van der Waals surface area (Å²) in [5, 5.41) is 3.83. The Hall–Kier alpha value is -1.34. The molecule has 158 valence electrons. The molecule has 5 nitrogen and oxygen atoms in total. The number of nitrogens with one attached hydrogen (secondary N) is 1. The molecule has 0 saturated carbocycles. The quantitative estimate of drug-likeness (QED) is 0.242. The van der Waals surface area contributed by atoms with Crippen molar-refractivity contribution in [1.82, 2.24) is 0 Å². The van der Waals surface area contributed by atoms with E-state index < -0.39 is 8.32 Å². The van der Waals surface area contributed by atoms with Crippen molar-refractivity contribution in [3.05, 3.63) is 36.4 Å². The fourth-order valence-corrected chi connectivity index (χ4v) is 4.38. The first kappa shape index (κ1) is 22.9. The molecule has 1 aliphatic heterocycles. The normalized spacial score (nSPS) is 17.7. The number of hydrogen-bond donors (Lipinski definition) is 1. The first-order valence-electron chi connectivity index (χ1n) is 10.1. The summed E-state index contributed by atoms with van der Waals surface area (Å²) in [4.78, 5) is 0. The van der Waals surface area contributed by atoms with Gasteiger partial charge in [0.1, 0.15) is 5.75 Å². The predicted molar refractivity (Wildman–Crippen MR) is 118 cm³/mol. The standard InChI is InChI=1S/C22H37NO4Si/c1-8-9-21(27-28(6,7)22(2,3)4)20-15-17-14-18(10-11-19(17)23-20)26-16-25-13-12-24-5/h8,10-11,14,20-21,23H,1,9,12-13,15-16H2,2-7H3/t20-,21+/m0/s1. The zero-order valence-corrected chi connectivity index (χ0v) is 19.3. The van der Waals surface area contributed by atoms with E-state index in [4.69, 9.17) is 18.6 Å². The highest BCUT2D eigenvalue weighted by molar-refractivity contribution is 6.74. The summed E-state index contributed by atoms with van der Waals surface area (Å²) in [5.74, 6) is 0.823. The number of ether oxygens (including phenoxy) is 3. The maximum Gasteiger partial charge on any atom is 0.192 e. The van der Waals surface area contributed by atoms with Crippen LogP contribution < -0.4 is 10.1 Å². The van der Waals surface area contributed by atoms with Crippen LogP contribution in [0.2, 0.25) is 18.1 Å². The highest BCUT2D eigenvalue weighted by atomic mass is 28.4. The van der Waals surface area contributed by atoms with Crippen LogP contribution in [-0.4, -0.2) is 47.6 Å². The predicted octanol–water partition coefficient (Wildman–Crippen LogP) is 4.99. The minimum atomic E-state index is -1.86. The first-order chi connectivity index (χ1) is 13.2. The van der Waals surface area contributed by atoms with E-state index in [1.165, 1.54) is 5.56 Å². The molecule has 1 aliphatic rings. The molecule has 1 N–H and O–H groups in total. The highest BCUT2D eigenvalue weighted by Gasteiger charge is 2.41. The molecule has 0 amide bonds. The number of benzene rings is 1. The molecule has 1 aromatic rings. The molecule has 0 bridgehead atoms. The molecule has 28 heavy (non-hydrogen) atoms. The number of hydrogen-bond acceptors (Lipinski definition) is 5. The third-order valence-corrected chi connectivity index (χ3v) is 10.2. The summed E-state index contributed by atoms with van der Waals surface area (Å²) in [6, 6.07) is 6.40. The number of fused-ring (bicyclic) bond motifs is 1. The Morgan fingerprint density at radius 3 is 2.68 bits per heavy atom. The molecule has 0 saturated heterocycles. The van der Waals surface area contributed by atoms with Gasteiger partial charge in [-0.25, -0.2) is 0 Å². The van der Waals surface area contributed by atoms with E-state index in [-0.39, 0.29) is 24.0 Å². The average molecular weight is 408 g/mol. The molecule has 0 aromatic heterocycles. The van der Waals surface area contributed by atoms with Gasteiger partial charge in [-0.2, -0.15) is 0 Å². The van der Waals surface area contributed by atoms with Gasteiger partial charge in [0.2, 0.25) is 0 Å². The molecule has 0 radical (unpaired) electrons. The Balaban J connectivity index is 2.00. The van der Waals surface area contributed by atoms with Crippen molar-refractivity contribution in [2.24, 2.45) is 0 Å². The molecule has 1 aromatic carbocycles. The van der Waals surface area contributed by atoms with Crippen LogP contribution in [0.15, 0.2) is 30.9 Å². The molecule has 6 heteroatoms. The molecular weight excluding hydrogens is 370 g/mol. The largest absolute Gasteiger partial charge is 0.468 e. The summed E-state index contributed by atoms with van der Waals surface area (Å²) in [6.45, 7) is 16.7. The fourth-order valence-electron chi connectivity index (χ4n) is 3.01. The van der Waals surface area contributed by atoms with Gasteiger partial charge in [-0.3, -0.25) is 0 Å². The van der Waals surface area contributed by atoms with E-state index in [0.29, 0.717) is 13.2 Å². The van der Waals surface area contributed by atoms with Crippen LogP contribution >= 0.6 is 0 Å². The third-order valence-electron chi connectivity index (χ3n) is 5.70. The van der Waals surface area contributed by atoms with Gasteiger partial charge in [-0.05, 0) is 54.7 Å². The monoisotopic (exact) mass is 407 g/mol. The summed E-state index contributed by atoms with van der Waals surface area (Å²) in [7, 11) is -0.200.